The van der Waals surface area contributed by atoms with Crippen LogP contribution in [-0.4, -0.2) is 25.3 Å². The van der Waals surface area contributed by atoms with E-state index in [1.54, 1.807) is 0 Å². The summed E-state index contributed by atoms with van der Waals surface area (Å²) in [6, 6.07) is 0.109. The van der Waals surface area contributed by atoms with Gasteiger partial charge in [-0.05, 0) is 12.5 Å². The molecule has 0 aromatic carbocycles. The summed E-state index contributed by atoms with van der Waals surface area (Å²) in [7, 11) is 0. The molecule has 1 rings (SSSR count). The molecule has 3 unspecified atom stereocenters. The Labute approximate surface area is 122 Å². The van der Waals surface area contributed by atoms with Gasteiger partial charge in [-0.15, -0.1) is 13.2 Å². The fraction of sp³-hybridized carbons (Fsp3) is 0.750. The van der Waals surface area contributed by atoms with E-state index in [2.05, 4.69) is 19.7 Å². The number of hydrogen-bond donors (Lipinski definition) is 2. The van der Waals surface area contributed by atoms with Crippen molar-refractivity contribution in [3.63, 3.8) is 0 Å². The van der Waals surface area contributed by atoms with Crippen LogP contribution in [0.25, 0.3) is 0 Å². The van der Waals surface area contributed by atoms with Crippen molar-refractivity contribution in [1.82, 2.24) is 0 Å². The van der Waals surface area contributed by atoms with E-state index in [1.807, 2.05) is 48.5 Å². The predicted octanol–water partition coefficient (Wildman–Crippen LogP) is 3.74. The van der Waals surface area contributed by atoms with Crippen molar-refractivity contribution in [2.24, 2.45) is 17.4 Å². The van der Waals surface area contributed by atoms with Gasteiger partial charge in [0.15, 0.2) is 0 Å². The summed E-state index contributed by atoms with van der Waals surface area (Å²) in [5, 5.41) is 0. The normalized spacial score (nSPS) is 21.6. The topological polar surface area (TPSA) is 61.3 Å². The molecule has 1 aliphatic rings. The largest absolute Gasteiger partial charge is 0.375 e. The van der Waals surface area contributed by atoms with E-state index in [4.69, 9.17) is 16.2 Å². The summed E-state index contributed by atoms with van der Waals surface area (Å²) < 4.78 is 5.19. The van der Waals surface area contributed by atoms with Crippen LogP contribution in [0.1, 0.15) is 48.5 Å². The van der Waals surface area contributed by atoms with Crippen LogP contribution in [-0.2, 0) is 4.74 Å². The minimum atomic E-state index is 0.0243. The SMILES string of the molecule is C=C.C=C1COCC(N)C1C(C)N.CC.CC.CC. The Balaban J connectivity index is -0.000000121. The zero-order valence-electron chi connectivity index (χ0n) is 14.3. The van der Waals surface area contributed by atoms with E-state index in [0.717, 1.165) is 5.57 Å². The summed E-state index contributed by atoms with van der Waals surface area (Å²) in [4.78, 5) is 0. The monoisotopic (exact) mass is 274 g/mol. The van der Waals surface area contributed by atoms with E-state index in [0.29, 0.717) is 13.2 Å². The maximum absolute atomic E-state index is 5.80. The molecule has 1 heterocycles. The minimum Gasteiger partial charge on any atom is -0.375 e. The number of ether oxygens (including phenoxy) is 1. The molecule has 1 fully saturated rings. The number of hydrogen-bond acceptors (Lipinski definition) is 3. The highest BCUT2D eigenvalue weighted by Crippen LogP contribution is 2.20. The molecule has 0 spiro atoms. The van der Waals surface area contributed by atoms with Crippen LogP contribution in [0, 0.1) is 5.92 Å². The molecule has 0 aromatic rings. The van der Waals surface area contributed by atoms with E-state index >= 15 is 0 Å². The minimum absolute atomic E-state index is 0.0243. The zero-order valence-corrected chi connectivity index (χ0v) is 14.3. The van der Waals surface area contributed by atoms with Crippen LogP contribution < -0.4 is 11.5 Å². The second-order valence-electron chi connectivity index (χ2n) is 3.22. The lowest BCUT2D eigenvalue weighted by molar-refractivity contribution is 0.0846. The van der Waals surface area contributed by atoms with Gasteiger partial charge in [0, 0.05) is 18.0 Å². The standard InChI is InChI=1S/C8H16N2O.3C2H6.C2H4/c1-5-3-11-4-7(10)8(5)6(2)9;4*1-2/h6-8H,1,3-4,9-10H2,2H3;3*1-2H3;1-2H2. The highest BCUT2D eigenvalue weighted by atomic mass is 16.5. The Bertz CT molecular complexity index is 170. The van der Waals surface area contributed by atoms with Gasteiger partial charge in [0.25, 0.3) is 0 Å². The molecule has 1 aliphatic heterocycles. The van der Waals surface area contributed by atoms with Crippen molar-refractivity contribution in [3.8, 4) is 0 Å². The average molecular weight is 274 g/mol. The lowest BCUT2D eigenvalue weighted by Crippen LogP contribution is -2.48. The Morgan fingerprint density at radius 2 is 1.47 bits per heavy atom. The van der Waals surface area contributed by atoms with Gasteiger partial charge in [0.05, 0.1) is 13.2 Å². The van der Waals surface area contributed by atoms with Crippen molar-refractivity contribution < 1.29 is 4.74 Å². The van der Waals surface area contributed by atoms with E-state index in [-0.39, 0.29) is 18.0 Å². The summed E-state index contributed by atoms with van der Waals surface area (Å²) in [5.74, 6) is 0.226. The molecule has 0 radical (unpaired) electrons. The van der Waals surface area contributed by atoms with Gasteiger partial charge >= 0.3 is 0 Å². The molecule has 3 heteroatoms. The first-order valence-electron chi connectivity index (χ1n) is 7.39. The maximum atomic E-state index is 5.80. The Morgan fingerprint density at radius 3 is 1.68 bits per heavy atom. The molecule has 3 atom stereocenters. The number of rotatable bonds is 1. The van der Waals surface area contributed by atoms with Gasteiger partial charge in [-0.2, -0.15) is 0 Å². The molecule has 1 saturated heterocycles. The number of nitrogens with two attached hydrogens (primary N) is 2. The third kappa shape index (κ3) is 13.6. The summed E-state index contributed by atoms with van der Waals surface area (Å²) in [6.07, 6.45) is 0. The molecular weight excluding hydrogens is 236 g/mol. The second kappa shape index (κ2) is 22.5. The van der Waals surface area contributed by atoms with Gasteiger partial charge in [-0.1, -0.05) is 48.1 Å². The van der Waals surface area contributed by atoms with Crippen molar-refractivity contribution in [2.45, 2.75) is 60.5 Å². The van der Waals surface area contributed by atoms with E-state index < -0.39 is 0 Å². The fourth-order valence-corrected chi connectivity index (χ4v) is 1.59. The fourth-order valence-electron chi connectivity index (χ4n) is 1.59. The van der Waals surface area contributed by atoms with Gasteiger partial charge in [0.1, 0.15) is 0 Å². The summed E-state index contributed by atoms with van der Waals surface area (Å²) >= 11 is 0. The average Bonchev–Trinajstić information content (AvgIpc) is 2.47. The molecule has 0 amide bonds. The summed E-state index contributed by atoms with van der Waals surface area (Å²) in [5.41, 5.74) is 12.6. The van der Waals surface area contributed by atoms with Gasteiger partial charge < -0.3 is 16.2 Å². The second-order valence-corrected chi connectivity index (χ2v) is 3.22. The van der Waals surface area contributed by atoms with E-state index in [9.17, 15) is 0 Å². The molecule has 3 nitrogen and oxygen atoms in total. The van der Waals surface area contributed by atoms with Crippen LogP contribution in [0.15, 0.2) is 25.3 Å². The van der Waals surface area contributed by atoms with Crippen LogP contribution in [0.3, 0.4) is 0 Å². The van der Waals surface area contributed by atoms with Crippen LogP contribution in [0.2, 0.25) is 0 Å². The molecule has 0 aromatic heterocycles. The van der Waals surface area contributed by atoms with Crippen molar-refractivity contribution >= 4 is 0 Å². The van der Waals surface area contributed by atoms with Crippen molar-refractivity contribution in [3.05, 3.63) is 25.3 Å². The molecular formula is C16H38N2O. The Morgan fingerprint density at radius 1 is 1.11 bits per heavy atom. The highest BCUT2D eigenvalue weighted by molar-refractivity contribution is 5.10. The summed E-state index contributed by atoms with van der Waals surface area (Å²) in [6.45, 7) is 25.1. The lowest BCUT2D eigenvalue weighted by atomic mass is 9.86. The molecule has 0 bridgehead atoms. The first kappa shape index (κ1) is 26.8. The molecule has 0 saturated carbocycles. The van der Waals surface area contributed by atoms with Gasteiger partial charge in [-0.25, -0.2) is 0 Å². The molecule has 118 valence electrons. The third-order valence-corrected chi connectivity index (χ3v) is 2.10. The van der Waals surface area contributed by atoms with E-state index in [1.165, 1.54) is 0 Å². The van der Waals surface area contributed by atoms with Crippen molar-refractivity contribution in [1.29, 1.82) is 0 Å². The van der Waals surface area contributed by atoms with Gasteiger partial charge in [-0.3, -0.25) is 0 Å². The van der Waals surface area contributed by atoms with Crippen LogP contribution in [0.4, 0.5) is 0 Å². The zero-order chi connectivity index (χ0) is 16.4. The third-order valence-electron chi connectivity index (χ3n) is 2.10. The molecule has 4 N–H and O–H groups in total. The quantitative estimate of drug-likeness (QED) is 0.716. The first-order valence-corrected chi connectivity index (χ1v) is 7.39. The lowest BCUT2D eigenvalue weighted by Gasteiger charge is -2.33. The van der Waals surface area contributed by atoms with Gasteiger partial charge in [0.2, 0.25) is 0 Å². The Kier molecular flexibility index (Phi) is 31.8. The smallest absolute Gasteiger partial charge is 0.0678 e. The van der Waals surface area contributed by atoms with Crippen LogP contribution >= 0.6 is 0 Å². The van der Waals surface area contributed by atoms with Crippen LogP contribution in [0.5, 0.6) is 0 Å². The van der Waals surface area contributed by atoms with Crippen molar-refractivity contribution in [2.75, 3.05) is 13.2 Å². The first-order chi connectivity index (χ1) is 9.13. The predicted molar refractivity (Wildman–Crippen MR) is 90.4 cm³/mol. The Hall–Kier alpha value is -0.640. The highest BCUT2D eigenvalue weighted by Gasteiger charge is 2.28. The maximum Gasteiger partial charge on any atom is 0.0678 e. The molecule has 0 aliphatic carbocycles. The molecule has 19 heavy (non-hydrogen) atoms.